The van der Waals surface area contributed by atoms with Gasteiger partial charge in [0, 0.05) is 45.9 Å². The second-order valence-corrected chi connectivity index (χ2v) is 5.07. The van der Waals surface area contributed by atoms with Crippen molar-refractivity contribution in [2.75, 3.05) is 0 Å². The van der Waals surface area contributed by atoms with Crippen LogP contribution >= 0.6 is 21.6 Å². The zero-order valence-electron chi connectivity index (χ0n) is 8.85. The van der Waals surface area contributed by atoms with Gasteiger partial charge in [-0.25, -0.2) is 0 Å². The normalized spacial score (nSPS) is 9.65. The van der Waals surface area contributed by atoms with Gasteiger partial charge in [0.2, 0.25) is 0 Å². The zero-order chi connectivity index (χ0) is 11.4. The first-order valence-electron chi connectivity index (χ1n) is 4.48. The average Bonchev–Trinajstić information content (AvgIpc) is 2.30. The molecule has 0 saturated heterocycles. The fourth-order valence-corrected chi connectivity index (χ4v) is 3.03. The monoisotopic (exact) mass is 316 g/mol. The van der Waals surface area contributed by atoms with Crippen molar-refractivity contribution in [2.45, 2.75) is 10.1 Å². The number of pyridine rings is 2. The van der Waals surface area contributed by atoms with E-state index in [0.29, 0.717) is 10.1 Å². The summed E-state index contributed by atoms with van der Waals surface area (Å²) in [4.78, 5) is 0. The molecule has 0 amide bonds. The molecular formula is C10H8N2O2S2Zn+2. The second kappa shape index (κ2) is 6.84. The molecule has 0 spiro atoms. The van der Waals surface area contributed by atoms with Gasteiger partial charge in [-0.05, 0) is 12.1 Å². The van der Waals surface area contributed by atoms with Gasteiger partial charge in [-0.1, -0.05) is 0 Å². The van der Waals surface area contributed by atoms with E-state index in [0.717, 1.165) is 9.46 Å². The van der Waals surface area contributed by atoms with E-state index < -0.39 is 0 Å². The van der Waals surface area contributed by atoms with Crippen LogP contribution in [0.2, 0.25) is 0 Å². The number of nitrogens with zero attached hydrogens (tertiary/aromatic N) is 2. The summed E-state index contributed by atoms with van der Waals surface area (Å²) in [6.45, 7) is 0. The van der Waals surface area contributed by atoms with Gasteiger partial charge in [0.25, 0.3) is 10.1 Å². The van der Waals surface area contributed by atoms with Gasteiger partial charge in [-0.15, -0.1) is 0 Å². The first-order chi connectivity index (χ1) is 7.77. The Labute approximate surface area is 119 Å². The Morgan fingerprint density at radius 3 is 1.53 bits per heavy atom. The molecule has 0 aliphatic rings. The van der Waals surface area contributed by atoms with Crippen LogP contribution in [-0.2, 0) is 19.5 Å². The van der Waals surface area contributed by atoms with E-state index >= 15 is 0 Å². The molecule has 17 heavy (non-hydrogen) atoms. The molecule has 0 N–H and O–H groups in total. The molecule has 4 nitrogen and oxygen atoms in total. The zero-order valence-corrected chi connectivity index (χ0v) is 13.5. The second-order valence-electron chi connectivity index (χ2n) is 2.90. The molecule has 0 atom stereocenters. The van der Waals surface area contributed by atoms with E-state index in [1.807, 2.05) is 0 Å². The first-order valence-corrected chi connectivity index (χ1v) is 6.63. The maximum Gasteiger partial charge on any atom is 2.00 e. The number of hydrogen-bond donors (Lipinski definition) is 0. The molecule has 0 radical (unpaired) electrons. The Kier molecular flexibility index (Phi) is 5.75. The molecule has 0 aliphatic carbocycles. The van der Waals surface area contributed by atoms with Gasteiger partial charge < -0.3 is 10.4 Å². The van der Waals surface area contributed by atoms with Crippen molar-refractivity contribution < 1.29 is 28.9 Å². The number of aromatic nitrogens is 2. The number of hydrogen-bond acceptors (Lipinski definition) is 4. The van der Waals surface area contributed by atoms with Gasteiger partial charge in [0.1, 0.15) is 0 Å². The number of rotatable bonds is 3. The Morgan fingerprint density at radius 2 is 1.18 bits per heavy atom. The van der Waals surface area contributed by atoms with Crippen molar-refractivity contribution >= 4 is 21.6 Å². The summed E-state index contributed by atoms with van der Waals surface area (Å²) in [5.74, 6) is 0. The van der Waals surface area contributed by atoms with Crippen molar-refractivity contribution in [3.63, 3.8) is 0 Å². The summed E-state index contributed by atoms with van der Waals surface area (Å²) >= 11 is 0. The molecule has 0 bridgehead atoms. The first kappa shape index (κ1) is 14.3. The SMILES string of the molecule is [O-][n+]1ccccc1SSc1cccc[n+]1[O-].[Zn+2]. The third kappa shape index (κ3) is 3.87. The summed E-state index contributed by atoms with van der Waals surface area (Å²) in [6.07, 6.45) is 2.86. The van der Waals surface area contributed by atoms with E-state index in [-0.39, 0.29) is 19.5 Å². The minimum Gasteiger partial charge on any atom is -0.618 e. The molecule has 0 aliphatic heterocycles. The maximum absolute atomic E-state index is 11.3. The van der Waals surface area contributed by atoms with Crippen LogP contribution < -0.4 is 9.46 Å². The van der Waals surface area contributed by atoms with Crippen LogP contribution in [0.3, 0.4) is 0 Å². The predicted octanol–water partition coefficient (Wildman–Crippen LogP) is 1.75. The minimum atomic E-state index is 0. The van der Waals surface area contributed by atoms with Crippen LogP contribution in [0.5, 0.6) is 0 Å². The molecule has 0 fully saturated rings. The van der Waals surface area contributed by atoms with Crippen LogP contribution in [0.4, 0.5) is 0 Å². The summed E-state index contributed by atoms with van der Waals surface area (Å²) in [5.41, 5.74) is 0. The van der Waals surface area contributed by atoms with Crippen LogP contribution in [-0.4, -0.2) is 0 Å². The fourth-order valence-electron chi connectivity index (χ4n) is 1.04. The Morgan fingerprint density at radius 1 is 0.765 bits per heavy atom. The molecule has 2 aromatic heterocycles. The molecule has 2 aromatic rings. The van der Waals surface area contributed by atoms with Gasteiger partial charge in [-0.3, -0.25) is 0 Å². The molecule has 0 aromatic carbocycles. The molecule has 82 valence electrons. The van der Waals surface area contributed by atoms with E-state index in [4.69, 9.17) is 0 Å². The molecule has 2 rings (SSSR count). The Hall–Kier alpha value is -0.777. The van der Waals surface area contributed by atoms with Gasteiger partial charge in [0.15, 0.2) is 12.4 Å². The van der Waals surface area contributed by atoms with Crippen LogP contribution in [0, 0.1) is 10.4 Å². The Bertz CT molecular complexity index is 454. The van der Waals surface area contributed by atoms with Crippen molar-refractivity contribution in [2.24, 2.45) is 0 Å². The summed E-state index contributed by atoms with van der Waals surface area (Å²) in [5, 5.41) is 23.8. The molecule has 2 heterocycles. The van der Waals surface area contributed by atoms with Crippen molar-refractivity contribution in [1.29, 1.82) is 0 Å². The predicted molar refractivity (Wildman–Crippen MR) is 62.5 cm³/mol. The van der Waals surface area contributed by atoms with Crippen LogP contribution in [0.1, 0.15) is 0 Å². The van der Waals surface area contributed by atoms with Crippen molar-refractivity contribution in [1.82, 2.24) is 0 Å². The van der Waals surface area contributed by atoms with Gasteiger partial charge >= 0.3 is 19.5 Å². The fraction of sp³-hybridized carbons (Fsp3) is 0. The largest absolute Gasteiger partial charge is 2.00 e. The topological polar surface area (TPSA) is 53.9 Å². The van der Waals surface area contributed by atoms with Gasteiger partial charge in [-0.2, -0.15) is 9.46 Å². The third-order valence-corrected chi connectivity index (χ3v) is 4.12. The summed E-state index contributed by atoms with van der Waals surface area (Å²) < 4.78 is 1.55. The standard InChI is InChI=1S/C10H8N2O2S2.Zn/c13-11-7-3-1-5-9(11)15-16-10-6-2-4-8-12(10)14;/h1-8H;/q;+2. The molecule has 7 heteroatoms. The van der Waals surface area contributed by atoms with E-state index in [1.54, 1.807) is 36.4 Å². The van der Waals surface area contributed by atoms with Crippen LogP contribution in [0.15, 0.2) is 58.8 Å². The maximum atomic E-state index is 11.3. The molecule has 0 saturated carbocycles. The Balaban J connectivity index is 0.00000144. The van der Waals surface area contributed by atoms with E-state index in [1.165, 1.54) is 34.0 Å². The van der Waals surface area contributed by atoms with E-state index in [9.17, 15) is 10.4 Å². The smallest absolute Gasteiger partial charge is 0.618 e. The molecule has 0 unspecified atom stereocenters. The van der Waals surface area contributed by atoms with Crippen molar-refractivity contribution in [3.8, 4) is 0 Å². The van der Waals surface area contributed by atoms with Crippen LogP contribution in [0.25, 0.3) is 0 Å². The van der Waals surface area contributed by atoms with Gasteiger partial charge in [0.05, 0.1) is 0 Å². The van der Waals surface area contributed by atoms with E-state index in [2.05, 4.69) is 0 Å². The van der Waals surface area contributed by atoms with Crippen molar-refractivity contribution in [3.05, 3.63) is 59.2 Å². The minimum absolute atomic E-state index is 0. The summed E-state index contributed by atoms with van der Waals surface area (Å²) in [6, 6.07) is 10.3. The molecular weight excluding hydrogens is 310 g/mol. The summed E-state index contributed by atoms with van der Waals surface area (Å²) in [7, 11) is 2.52. The third-order valence-electron chi connectivity index (χ3n) is 1.79. The average molecular weight is 318 g/mol. The quantitative estimate of drug-likeness (QED) is 0.374.